The molecule has 12 heteroatoms. The Morgan fingerprint density at radius 1 is 0.855 bits per heavy atom. The highest BCUT2D eigenvalue weighted by atomic mass is 19.1. The number of rotatable bonds is 10. The number of benzene rings is 2. The second kappa shape index (κ2) is 15.5. The number of carbonyl (C=O) groups excluding carboxylic acids is 2. The van der Waals surface area contributed by atoms with Crippen molar-refractivity contribution >= 4 is 28.5 Å². The van der Waals surface area contributed by atoms with Crippen LogP contribution < -0.4 is 10.6 Å². The van der Waals surface area contributed by atoms with E-state index < -0.39 is 5.82 Å². The molecule has 2 aliphatic rings. The second-order valence-electron chi connectivity index (χ2n) is 14.6. The summed E-state index contributed by atoms with van der Waals surface area (Å²) in [6, 6.07) is 21.7. The normalized spacial score (nSPS) is 17.6. The van der Waals surface area contributed by atoms with Crippen molar-refractivity contribution in [3.8, 4) is 11.3 Å². The molecule has 0 radical (unpaired) electrons. The van der Waals surface area contributed by atoms with Gasteiger partial charge in [0.1, 0.15) is 23.5 Å². The van der Waals surface area contributed by atoms with Gasteiger partial charge in [-0.2, -0.15) is 0 Å². The summed E-state index contributed by atoms with van der Waals surface area (Å²) in [6.45, 7) is 9.03. The zero-order chi connectivity index (χ0) is 38.1. The van der Waals surface area contributed by atoms with Gasteiger partial charge in [-0.3, -0.25) is 24.5 Å². The largest absolute Gasteiger partial charge is 0.335 e. The quantitative estimate of drug-likeness (QED) is 0.136. The lowest BCUT2D eigenvalue weighted by Gasteiger charge is -2.44. The third-order valence-electron chi connectivity index (χ3n) is 11.1. The summed E-state index contributed by atoms with van der Waals surface area (Å²) in [5.41, 5.74) is 8.91. The molecule has 6 aromatic rings. The lowest BCUT2D eigenvalue weighted by molar-refractivity contribution is 0.0523. The van der Waals surface area contributed by atoms with Crippen LogP contribution in [0.5, 0.6) is 0 Å². The number of nitrogens with zero attached hydrogens (tertiary/aromatic N) is 6. The second-order valence-corrected chi connectivity index (χ2v) is 14.6. The monoisotopic (exact) mass is 737 g/mol. The number of amides is 2. The van der Waals surface area contributed by atoms with Crippen molar-refractivity contribution in [2.45, 2.75) is 58.2 Å². The van der Waals surface area contributed by atoms with E-state index in [1.165, 1.54) is 41.7 Å². The maximum Gasteiger partial charge on any atom is 0.270 e. The molecule has 8 rings (SSSR count). The molecule has 4 aromatic heterocycles. The fourth-order valence-electron chi connectivity index (χ4n) is 8.08. The van der Waals surface area contributed by atoms with Crippen molar-refractivity contribution < 1.29 is 14.0 Å². The molecule has 0 spiro atoms. The molecule has 0 saturated carbocycles. The number of aryl methyl sites for hydroxylation is 2. The van der Waals surface area contributed by atoms with Gasteiger partial charge in [-0.15, -0.1) is 0 Å². The van der Waals surface area contributed by atoms with E-state index in [0.717, 1.165) is 54.9 Å². The Hall–Kier alpha value is -5.85. The van der Waals surface area contributed by atoms with Crippen LogP contribution in [0.25, 0.3) is 22.3 Å². The van der Waals surface area contributed by atoms with E-state index in [1.54, 1.807) is 0 Å². The van der Waals surface area contributed by atoms with Gasteiger partial charge in [0.25, 0.3) is 11.8 Å². The van der Waals surface area contributed by atoms with Crippen LogP contribution in [0.1, 0.15) is 80.3 Å². The summed E-state index contributed by atoms with van der Waals surface area (Å²) in [6.07, 6.45) is 8.50. The Kier molecular flexibility index (Phi) is 10.2. The zero-order valence-corrected chi connectivity index (χ0v) is 31.2. The van der Waals surface area contributed by atoms with Gasteiger partial charge in [-0.25, -0.2) is 14.4 Å². The number of anilines is 1. The number of pyridine rings is 2. The predicted octanol–water partition coefficient (Wildman–Crippen LogP) is 7.11. The summed E-state index contributed by atoms with van der Waals surface area (Å²) in [5, 5.41) is 7.36. The first-order chi connectivity index (χ1) is 26.7. The molecular weight excluding hydrogens is 694 g/mol. The van der Waals surface area contributed by atoms with Gasteiger partial charge in [-0.1, -0.05) is 24.3 Å². The molecular formula is C43H44FN9O2. The van der Waals surface area contributed by atoms with Gasteiger partial charge in [0, 0.05) is 66.8 Å². The molecule has 2 fully saturated rings. The molecule has 2 saturated heterocycles. The van der Waals surface area contributed by atoms with Gasteiger partial charge in [0.2, 0.25) is 0 Å². The van der Waals surface area contributed by atoms with Crippen LogP contribution >= 0.6 is 0 Å². The Labute approximate surface area is 319 Å². The highest BCUT2D eigenvalue weighted by molar-refractivity contribution is 6.06. The summed E-state index contributed by atoms with van der Waals surface area (Å²) in [4.78, 5) is 52.9. The molecule has 0 unspecified atom stereocenters. The number of aromatic nitrogens is 5. The molecule has 3 N–H and O–H groups in total. The molecule has 2 atom stereocenters. The van der Waals surface area contributed by atoms with Crippen molar-refractivity contribution in [1.82, 2.24) is 40.0 Å². The van der Waals surface area contributed by atoms with E-state index in [1.807, 2.05) is 60.6 Å². The zero-order valence-electron chi connectivity index (χ0n) is 31.2. The van der Waals surface area contributed by atoms with Crippen molar-refractivity contribution in [3.05, 3.63) is 137 Å². The average Bonchev–Trinajstić information content (AvgIpc) is 3.62. The van der Waals surface area contributed by atoms with E-state index in [2.05, 4.69) is 56.5 Å². The summed E-state index contributed by atoms with van der Waals surface area (Å²) in [7, 11) is 0. The number of fused-ring (bicyclic) bond motifs is 1. The molecule has 0 aliphatic carbocycles. The number of hydrogen-bond donors (Lipinski definition) is 3. The molecule has 2 aliphatic heterocycles. The van der Waals surface area contributed by atoms with Gasteiger partial charge >= 0.3 is 0 Å². The van der Waals surface area contributed by atoms with Crippen molar-refractivity contribution in [3.63, 3.8) is 0 Å². The summed E-state index contributed by atoms with van der Waals surface area (Å²) in [5.74, 6) is -0.840. The number of likely N-dealkylation sites (tertiary alicyclic amines) is 2. The predicted molar refractivity (Wildman–Crippen MR) is 210 cm³/mol. The minimum Gasteiger partial charge on any atom is -0.335 e. The highest BCUT2D eigenvalue weighted by Gasteiger charge is 2.36. The molecule has 280 valence electrons. The van der Waals surface area contributed by atoms with Crippen LogP contribution in [-0.2, 0) is 0 Å². The van der Waals surface area contributed by atoms with E-state index in [4.69, 9.17) is 9.97 Å². The van der Waals surface area contributed by atoms with E-state index in [0.29, 0.717) is 46.8 Å². The first-order valence-electron chi connectivity index (χ1n) is 18.9. The van der Waals surface area contributed by atoms with Crippen molar-refractivity contribution in [2.75, 3.05) is 31.5 Å². The maximum atomic E-state index is 13.7. The molecule has 0 bridgehead atoms. The van der Waals surface area contributed by atoms with Crippen LogP contribution in [0.3, 0.4) is 0 Å². The Morgan fingerprint density at radius 3 is 2.22 bits per heavy atom. The van der Waals surface area contributed by atoms with Gasteiger partial charge in [-0.05, 0) is 105 Å². The van der Waals surface area contributed by atoms with Crippen LogP contribution in [0, 0.1) is 26.6 Å². The van der Waals surface area contributed by atoms with Crippen molar-refractivity contribution in [1.29, 1.82) is 0 Å². The fourth-order valence-corrected chi connectivity index (χ4v) is 8.08. The van der Waals surface area contributed by atoms with Crippen LogP contribution in [0.15, 0.2) is 91.5 Å². The number of nitrogens with one attached hydrogen (secondary N) is 3. The van der Waals surface area contributed by atoms with Crippen LogP contribution in [-0.4, -0.2) is 78.8 Å². The van der Waals surface area contributed by atoms with Gasteiger partial charge < -0.3 is 20.5 Å². The SMILES string of the molecule is Cc1cccnc1[C@H]1CCC[C@@H](c2ncccc2C)N1CCNC1CN(C(=O)c2cc3c(-c4cccc(NC(=O)c5ccc(F)cc5)c4C)ncnc3[nH]2)C1. The first kappa shape index (κ1) is 36.1. The third kappa shape index (κ3) is 7.35. The first-order valence-corrected chi connectivity index (χ1v) is 18.9. The number of hydrogen-bond acceptors (Lipinski definition) is 8. The Bertz CT molecular complexity index is 2300. The smallest absolute Gasteiger partial charge is 0.270 e. The minimum absolute atomic E-state index is 0.0913. The van der Waals surface area contributed by atoms with Gasteiger partial charge in [0.15, 0.2) is 0 Å². The number of halogens is 1. The topological polar surface area (TPSA) is 132 Å². The molecule has 2 amide bonds. The molecule has 55 heavy (non-hydrogen) atoms. The van der Waals surface area contributed by atoms with Crippen molar-refractivity contribution in [2.24, 2.45) is 0 Å². The van der Waals surface area contributed by atoms with Gasteiger partial charge in [0.05, 0.1) is 29.2 Å². The van der Waals surface area contributed by atoms with Crippen LogP contribution in [0.4, 0.5) is 10.1 Å². The molecule has 11 nitrogen and oxygen atoms in total. The molecule has 6 heterocycles. The third-order valence-corrected chi connectivity index (χ3v) is 11.1. The maximum absolute atomic E-state index is 13.7. The lowest BCUT2D eigenvalue weighted by atomic mass is 9.89. The highest BCUT2D eigenvalue weighted by Crippen LogP contribution is 2.42. The van der Waals surface area contributed by atoms with E-state index in [9.17, 15) is 14.0 Å². The van der Waals surface area contributed by atoms with E-state index in [-0.39, 0.29) is 29.9 Å². The number of aromatic amines is 1. The Balaban J connectivity index is 0.927. The fraction of sp³-hybridized carbons (Fsp3) is 0.302. The number of H-pyrrole nitrogens is 1. The van der Waals surface area contributed by atoms with Crippen LogP contribution in [0.2, 0.25) is 0 Å². The number of piperidine rings is 1. The summed E-state index contributed by atoms with van der Waals surface area (Å²) >= 11 is 0. The molecule has 2 aromatic carbocycles. The minimum atomic E-state index is -0.406. The Morgan fingerprint density at radius 2 is 1.55 bits per heavy atom. The lowest BCUT2D eigenvalue weighted by Crippen LogP contribution is -2.60. The standard InChI is InChI=1S/C43H44FN9O2/c1-26-8-6-18-46-38(26)36-12-5-13-37(39-27(2)9-7-19-47-39)53(36)21-20-45-31-23-52(24-31)43(55)35-22-33-40(48-25-49-41(33)50-35)32-10-4-11-34(28(32)3)51-42(54)29-14-16-30(44)17-15-29/h4,6-11,14-19,22,25,31,36-37,45H,5,12-13,20-21,23-24H2,1-3H3,(H,51,54)(H,48,49,50)/t36-,37+. The van der Waals surface area contributed by atoms with E-state index >= 15 is 0 Å². The average molecular weight is 738 g/mol. The summed E-state index contributed by atoms with van der Waals surface area (Å²) < 4.78 is 13.4. The number of carbonyl (C=O) groups is 2.